The van der Waals surface area contributed by atoms with Crippen LogP contribution < -0.4 is 5.32 Å². The van der Waals surface area contributed by atoms with E-state index in [1.54, 1.807) is 0 Å². The Morgan fingerprint density at radius 1 is 1.39 bits per heavy atom. The third kappa shape index (κ3) is 2.72. The van der Waals surface area contributed by atoms with Crippen LogP contribution in [0.15, 0.2) is 0 Å². The molecule has 0 aliphatic carbocycles. The van der Waals surface area contributed by atoms with Crippen LogP contribution in [-0.2, 0) is 22.1 Å². The van der Waals surface area contributed by atoms with Gasteiger partial charge in [-0.25, -0.2) is 8.42 Å². The largest absolute Gasteiger partial charge is 0.311 e. The summed E-state index contributed by atoms with van der Waals surface area (Å²) in [6.45, 7) is 7.92. The normalized spacial score (nSPS) is 20.8. The second kappa shape index (κ2) is 4.31. The van der Waals surface area contributed by atoms with Crippen molar-refractivity contribution in [3.05, 3.63) is 11.6 Å². The van der Waals surface area contributed by atoms with Gasteiger partial charge in [-0.3, -0.25) is 0 Å². The first-order valence-corrected chi connectivity index (χ1v) is 8.07. The van der Waals surface area contributed by atoms with E-state index in [4.69, 9.17) is 0 Å². The van der Waals surface area contributed by atoms with Crippen LogP contribution in [0.2, 0.25) is 0 Å². The Morgan fingerprint density at radius 2 is 2.06 bits per heavy atom. The van der Waals surface area contributed by atoms with Crippen LogP contribution >= 0.6 is 0 Å². The molecule has 0 spiro atoms. The van der Waals surface area contributed by atoms with Crippen molar-refractivity contribution in [3.8, 4) is 0 Å². The molecule has 7 heteroatoms. The summed E-state index contributed by atoms with van der Waals surface area (Å²) in [6, 6.07) is 0.104. The van der Waals surface area contributed by atoms with Crippen LogP contribution in [0.3, 0.4) is 0 Å². The van der Waals surface area contributed by atoms with Gasteiger partial charge < -0.3 is 9.88 Å². The molecule has 1 N–H and O–H groups in total. The predicted molar refractivity (Wildman–Crippen MR) is 68.8 cm³/mol. The predicted octanol–water partition coefficient (Wildman–Crippen LogP) is 0.513. The van der Waals surface area contributed by atoms with E-state index in [-0.39, 0.29) is 17.2 Å². The van der Waals surface area contributed by atoms with Gasteiger partial charge in [-0.1, -0.05) is 20.8 Å². The first kappa shape index (κ1) is 13.5. The Balaban J connectivity index is 2.38. The summed E-state index contributed by atoms with van der Waals surface area (Å²) in [5, 5.41) is 11.6. The molecule has 1 aliphatic heterocycles. The average molecular weight is 272 g/mol. The van der Waals surface area contributed by atoms with Crippen molar-refractivity contribution in [3.63, 3.8) is 0 Å². The van der Waals surface area contributed by atoms with Crippen LogP contribution in [0.5, 0.6) is 0 Å². The highest BCUT2D eigenvalue weighted by molar-refractivity contribution is 7.89. The fourth-order valence-electron chi connectivity index (χ4n) is 2.25. The van der Waals surface area contributed by atoms with Gasteiger partial charge >= 0.3 is 0 Å². The molecule has 1 unspecified atom stereocenters. The zero-order valence-electron chi connectivity index (χ0n) is 11.3. The smallest absolute Gasteiger partial charge is 0.154 e. The van der Waals surface area contributed by atoms with Gasteiger partial charge in [-0.2, -0.15) is 0 Å². The van der Waals surface area contributed by atoms with Gasteiger partial charge in [-0.15, -0.1) is 10.2 Å². The maximum atomic E-state index is 11.4. The molecule has 1 aliphatic rings. The van der Waals surface area contributed by atoms with Gasteiger partial charge in [0.25, 0.3) is 0 Å². The molecule has 18 heavy (non-hydrogen) atoms. The Hall–Kier alpha value is -0.950. The summed E-state index contributed by atoms with van der Waals surface area (Å²) in [4.78, 5) is 0. The van der Waals surface area contributed by atoms with E-state index in [9.17, 15) is 8.42 Å². The van der Waals surface area contributed by atoms with Gasteiger partial charge in [0.05, 0.1) is 6.04 Å². The SMILES string of the molecule is CC(C)(C)C1NCCn2c(CS(C)(=O)=O)nnc21. The molecule has 0 aromatic carbocycles. The van der Waals surface area contributed by atoms with E-state index in [1.807, 2.05) is 4.57 Å². The molecule has 102 valence electrons. The average Bonchev–Trinajstić information content (AvgIpc) is 2.57. The van der Waals surface area contributed by atoms with E-state index < -0.39 is 9.84 Å². The van der Waals surface area contributed by atoms with Gasteiger partial charge in [0, 0.05) is 19.3 Å². The lowest BCUT2D eigenvalue weighted by atomic mass is 9.85. The molecular weight excluding hydrogens is 252 g/mol. The molecule has 0 saturated carbocycles. The van der Waals surface area contributed by atoms with Crippen molar-refractivity contribution in [2.24, 2.45) is 5.41 Å². The van der Waals surface area contributed by atoms with Gasteiger partial charge in [-0.05, 0) is 5.41 Å². The lowest BCUT2D eigenvalue weighted by Gasteiger charge is -2.34. The zero-order chi connectivity index (χ0) is 13.6. The maximum Gasteiger partial charge on any atom is 0.154 e. The fraction of sp³-hybridized carbons (Fsp3) is 0.818. The van der Waals surface area contributed by atoms with Gasteiger partial charge in [0.15, 0.2) is 15.7 Å². The highest BCUT2D eigenvalue weighted by Gasteiger charge is 2.34. The Bertz CT molecular complexity index is 542. The van der Waals surface area contributed by atoms with Crippen molar-refractivity contribution in [2.45, 2.75) is 39.1 Å². The molecule has 1 aromatic heterocycles. The number of fused-ring (bicyclic) bond motifs is 1. The monoisotopic (exact) mass is 272 g/mol. The number of nitrogens with one attached hydrogen (secondary N) is 1. The minimum atomic E-state index is -3.08. The molecule has 0 radical (unpaired) electrons. The summed E-state index contributed by atoms with van der Waals surface area (Å²) in [5.74, 6) is 1.34. The summed E-state index contributed by atoms with van der Waals surface area (Å²) in [6.07, 6.45) is 1.22. The number of rotatable bonds is 2. The van der Waals surface area contributed by atoms with E-state index in [0.29, 0.717) is 5.82 Å². The Morgan fingerprint density at radius 3 is 2.61 bits per heavy atom. The van der Waals surface area contributed by atoms with Crippen LogP contribution in [0.4, 0.5) is 0 Å². The quantitative estimate of drug-likeness (QED) is 0.849. The number of hydrogen-bond donors (Lipinski definition) is 1. The van der Waals surface area contributed by atoms with Crippen molar-refractivity contribution < 1.29 is 8.42 Å². The highest BCUT2D eigenvalue weighted by atomic mass is 32.2. The molecule has 0 fully saturated rings. The third-order valence-corrected chi connectivity index (χ3v) is 3.84. The summed E-state index contributed by atoms with van der Waals surface area (Å²) in [5.41, 5.74) is 0.0214. The first-order chi connectivity index (χ1) is 8.18. The van der Waals surface area contributed by atoms with E-state index >= 15 is 0 Å². The molecule has 1 atom stereocenters. The van der Waals surface area contributed by atoms with Crippen LogP contribution in [0, 0.1) is 5.41 Å². The number of nitrogens with zero attached hydrogens (tertiary/aromatic N) is 3. The fourth-order valence-corrected chi connectivity index (χ4v) is 2.94. The highest BCUT2D eigenvalue weighted by Crippen LogP contribution is 2.33. The van der Waals surface area contributed by atoms with Crippen LogP contribution in [0.1, 0.15) is 38.5 Å². The second-order valence-electron chi connectivity index (χ2n) is 5.95. The molecule has 2 rings (SSSR count). The summed E-state index contributed by atoms with van der Waals surface area (Å²) < 4.78 is 24.7. The molecular formula is C11H20N4O2S. The zero-order valence-corrected chi connectivity index (χ0v) is 12.1. The van der Waals surface area contributed by atoms with E-state index in [1.165, 1.54) is 6.26 Å². The number of sulfone groups is 1. The molecule has 0 saturated heterocycles. The first-order valence-electron chi connectivity index (χ1n) is 6.01. The third-order valence-electron chi connectivity index (χ3n) is 3.06. The van der Waals surface area contributed by atoms with Crippen molar-refractivity contribution >= 4 is 9.84 Å². The summed E-state index contributed by atoms with van der Waals surface area (Å²) >= 11 is 0. The molecule has 6 nitrogen and oxygen atoms in total. The van der Waals surface area contributed by atoms with Crippen LogP contribution in [0.25, 0.3) is 0 Å². The summed E-state index contributed by atoms with van der Waals surface area (Å²) in [7, 11) is -3.08. The van der Waals surface area contributed by atoms with Crippen molar-refractivity contribution in [1.29, 1.82) is 0 Å². The standard InChI is InChI=1S/C11H20N4O2S/c1-11(2,3)9-10-14-13-8(7-18(4,16)17)15(10)6-5-12-9/h9,12H,5-7H2,1-4H3. The Labute approximate surface area is 108 Å². The second-order valence-corrected chi connectivity index (χ2v) is 8.09. The van der Waals surface area contributed by atoms with Crippen molar-refractivity contribution in [2.75, 3.05) is 12.8 Å². The Kier molecular flexibility index (Phi) is 3.23. The van der Waals surface area contributed by atoms with E-state index in [0.717, 1.165) is 18.9 Å². The molecule has 0 amide bonds. The molecule has 0 bridgehead atoms. The topological polar surface area (TPSA) is 76.9 Å². The lowest BCUT2D eigenvalue weighted by Crippen LogP contribution is -2.41. The maximum absolute atomic E-state index is 11.4. The van der Waals surface area contributed by atoms with Gasteiger partial charge in [0.1, 0.15) is 11.6 Å². The molecule has 2 heterocycles. The number of hydrogen-bond acceptors (Lipinski definition) is 5. The molecule has 1 aromatic rings. The minimum absolute atomic E-state index is 0.0214. The van der Waals surface area contributed by atoms with Gasteiger partial charge in [0.2, 0.25) is 0 Å². The number of aromatic nitrogens is 3. The van der Waals surface area contributed by atoms with Crippen LogP contribution in [-0.4, -0.2) is 36.0 Å². The minimum Gasteiger partial charge on any atom is -0.311 e. The van der Waals surface area contributed by atoms with E-state index in [2.05, 4.69) is 36.3 Å². The van der Waals surface area contributed by atoms with Crippen molar-refractivity contribution in [1.82, 2.24) is 20.1 Å². The lowest BCUT2D eigenvalue weighted by molar-refractivity contribution is 0.232.